The van der Waals surface area contributed by atoms with Crippen molar-refractivity contribution in [2.24, 2.45) is 5.41 Å². The zero-order valence-corrected chi connectivity index (χ0v) is 19.3. The summed E-state index contributed by atoms with van der Waals surface area (Å²) in [5, 5.41) is 2.49. The van der Waals surface area contributed by atoms with Gasteiger partial charge in [-0.25, -0.2) is 4.98 Å². The van der Waals surface area contributed by atoms with Crippen molar-refractivity contribution < 1.29 is 0 Å². The molecule has 0 bridgehead atoms. The van der Waals surface area contributed by atoms with Crippen LogP contribution < -0.4 is 10.9 Å². The van der Waals surface area contributed by atoms with E-state index in [4.69, 9.17) is 4.98 Å². The molecule has 0 aliphatic heterocycles. The summed E-state index contributed by atoms with van der Waals surface area (Å²) >= 11 is 0. The van der Waals surface area contributed by atoms with E-state index >= 15 is 0 Å². The van der Waals surface area contributed by atoms with E-state index in [1.165, 1.54) is 43.9 Å². The molecule has 1 aliphatic carbocycles. The van der Waals surface area contributed by atoms with Crippen LogP contribution in [-0.2, 0) is 10.8 Å². The van der Waals surface area contributed by atoms with Crippen LogP contribution in [0, 0.1) is 12.3 Å². The first-order valence-corrected chi connectivity index (χ1v) is 10.8. The van der Waals surface area contributed by atoms with Crippen LogP contribution in [0.3, 0.4) is 0 Å². The maximum Gasteiger partial charge on any atom is 0.145 e. The van der Waals surface area contributed by atoms with E-state index in [0.29, 0.717) is 0 Å². The van der Waals surface area contributed by atoms with E-state index < -0.39 is 0 Å². The van der Waals surface area contributed by atoms with Crippen LogP contribution in [0.4, 0.5) is 0 Å². The first kappa shape index (κ1) is 18.8. The molecule has 1 aliphatic rings. The van der Waals surface area contributed by atoms with Crippen LogP contribution in [-0.4, -0.2) is 25.1 Å². The summed E-state index contributed by atoms with van der Waals surface area (Å²) in [5.74, 6) is 0. The molecule has 0 unspecified atom stereocenters. The van der Waals surface area contributed by atoms with Crippen LogP contribution in [0.1, 0.15) is 58.2 Å². The lowest BCUT2D eigenvalue weighted by molar-refractivity contribution is 0.126. The summed E-state index contributed by atoms with van der Waals surface area (Å²) < 4.78 is 2.36. The number of nitrogens with zero attached hydrogens (tertiary/aromatic N) is 2. The third kappa shape index (κ3) is 1.98. The summed E-state index contributed by atoms with van der Waals surface area (Å²) in [6.45, 7) is 16.8. The summed E-state index contributed by atoms with van der Waals surface area (Å²) in [6, 6.07) is 8.91. The molecule has 2 heterocycles. The van der Waals surface area contributed by atoms with Gasteiger partial charge in [0.2, 0.25) is 0 Å². The highest BCUT2D eigenvalue weighted by Crippen LogP contribution is 2.62. The van der Waals surface area contributed by atoms with Crippen LogP contribution >= 0.6 is 0 Å². The highest BCUT2D eigenvalue weighted by molar-refractivity contribution is 6.53. The monoisotopic (exact) mass is 380 g/mol. The number of pyridine rings is 1. The number of imidazole rings is 1. The van der Waals surface area contributed by atoms with Crippen molar-refractivity contribution in [3.63, 3.8) is 0 Å². The lowest BCUT2D eigenvalue weighted by Crippen LogP contribution is -2.44. The predicted molar refractivity (Wildman–Crippen MR) is 131 cm³/mol. The van der Waals surface area contributed by atoms with Gasteiger partial charge in [-0.2, -0.15) is 0 Å². The Morgan fingerprint density at radius 1 is 0.862 bits per heavy atom. The van der Waals surface area contributed by atoms with Crippen molar-refractivity contribution in [1.29, 1.82) is 0 Å². The molecule has 4 heteroatoms. The second-order valence-electron chi connectivity index (χ2n) is 10.8. The minimum Gasteiger partial charge on any atom is -0.299 e. The van der Waals surface area contributed by atoms with Gasteiger partial charge in [0, 0.05) is 11.6 Å². The summed E-state index contributed by atoms with van der Waals surface area (Å²) in [5.41, 5.74) is 10.9. The van der Waals surface area contributed by atoms with Gasteiger partial charge in [-0.05, 0) is 51.8 Å². The number of hydrogen-bond acceptors (Lipinski definition) is 1. The normalized spacial score (nSPS) is 19.3. The Balaban J connectivity index is 2.09. The molecule has 0 N–H and O–H groups in total. The van der Waals surface area contributed by atoms with E-state index in [2.05, 4.69) is 99.0 Å². The second-order valence-corrected chi connectivity index (χ2v) is 10.8. The van der Waals surface area contributed by atoms with Crippen molar-refractivity contribution in [2.75, 3.05) is 0 Å². The lowest BCUT2D eigenvalue weighted by Gasteiger charge is -2.44. The number of benzene rings is 2. The first-order valence-electron chi connectivity index (χ1n) is 10.8. The Kier molecular flexibility index (Phi) is 3.42. The molecule has 5 rings (SSSR count). The number of aryl methyl sites for hydroxylation is 1. The van der Waals surface area contributed by atoms with Crippen LogP contribution in [0.2, 0.25) is 0 Å². The van der Waals surface area contributed by atoms with E-state index in [9.17, 15) is 0 Å². The van der Waals surface area contributed by atoms with Crippen LogP contribution in [0.15, 0.2) is 30.5 Å². The largest absolute Gasteiger partial charge is 0.299 e. The lowest BCUT2D eigenvalue weighted by atomic mass is 9.58. The molecule has 0 amide bonds. The molecule has 0 spiro atoms. The zero-order chi connectivity index (χ0) is 21.1. The fraction of sp³-hybridized carbons (Fsp3) is 0.400. The molecule has 0 radical (unpaired) electrons. The zero-order valence-electron chi connectivity index (χ0n) is 19.3. The first-order chi connectivity index (χ1) is 13.4. The van der Waals surface area contributed by atoms with Crippen molar-refractivity contribution in [1.82, 2.24) is 9.38 Å². The number of hydrogen-bond donors (Lipinski definition) is 0. The molecule has 2 aromatic carbocycles. The van der Waals surface area contributed by atoms with Gasteiger partial charge in [-0.1, -0.05) is 70.2 Å². The summed E-state index contributed by atoms with van der Waals surface area (Å²) in [6.07, 6.45) is 2.23. The van der Waals surface area contributed by atoms with E-state index in [1.54, 1.807) is 0 Å². The minimum atomic E-state index is 0.0417. The molecule has 0 atom stereocenters. The Labute approximate surface area is 175 Å². The van der Waals surface area contributed by atoms with Gasteiger partial charge in [0.15, 0.2) is 0 Å². The fourth-order valence-corrected chi connectivity index (χ4v) is 5.90. The SMILES string of the molecule is Bc1c2c(c3c(nc4c5cc(C)ccc5ccn43)c1B)C(C)(C)C(C)(C)C2(C)C. The smallest absolute Gasteiger partial charge is 0.145 e. The van der Waals surface area contributed by atoms with Crippen LogP contribution in [0.25, 0.3) is 27.5 Å². The standard InChI is InChI=1S/C25H30B2N2/c1-13-8-9-14-10-11-29-21-17-16(23(2,3)25(6,7)24(17,4)5)18(26)19(27)20(21)28-22(29)15(14)12-13/h8-12H,26-27H2,1-7H3. The van der Waals surface area contributed by atoms with Crippen molar-refractivity contribution in [3.05, 3.63) is 47.2 Å². The maximum absolute atomic E-state index is 5.25. The average Bonchev–Trinajstić information content (AvgIpc) is 3.07. The molecular formula is C25H30B2N2. The van der Waals surface area contributed by atoms with Gasteiger partial charge in [0.05, 0.1) is 11.0 Å². The van der Waals surface area contributed by atoms with Gasteiger partial charge in [0.1, 0.15) is 21.3 Å². The van der Waals surface area contributed by atoms with Gasteiger partial charge in [0.25, 0.3) is 0 Å². The molecule has 29 heavy (non-hydrogen) atoms. The predicted octanol–water partition coefficient (Wildman–Crippen LogP) is 3.06. The van der Waals surface area contributed by atoms with Crippen molar-refractivity contribution in [2.45, 2.75) is 59.3 Å². The topological polar surface area (TPSA) is 17.3 Å². The maximum atomic E-state index is 5.25. The highest BCUT2D eigenvalue weighted by atomic mass is 15.0. The molecule has 0 saturated heterocycles. The van der Waals surface area contributed by atoms with Gasteiger partial charge in [-0.15, -0.1) is 0 Å². The molecule has 2 nitrogen and oxygen atoms in total. The molecule has 2 aromatic heterocycles. The minimum absolute atomic E-state index is 0.0417. The molecular weight excluding hydrogens is 350 g/mol. The Morgan fingerprint density at radius 2 is 1.52 bits per heavy atom. The third-order valence-corrected chi connectivity index (χ3v) is 8.92. The Hall–Kier alpha value is -2.22. The molecule has 146 valence electrons. The van der Waals surface area contributed by atoms with E-state index in [1.807, 2.05) is 0 Å². The van der Waals surface area contributed by atoms with Crippen LogP contribution in [0.5, 0.6) is 0 Å². The number of rotatable bonds is 0. The van der Waals surface area contributed by atoms with Gasteiger partial charge in [-0.3, -0.25) is 4.40 Å². The molecule has 4 aromatic rings. The second kappa shape index (κ2) is 5.28. The Morgan fingerprint density at radius 3 is 2.21 bits per heavy atom. The third-order valence-electron chi connectivity index (χ3n) is 8.92. The van der Waals surface area contributed by atoms with Gasteiger partial charge >= 0.3 is 0 Å². The van der Waals surface area contributed by atoms with E-state index in [0.717, 1.165) is 11.2 Å². The number of aromatic nitrogens is 2. The Bertz CT molecular complexity index is 1360. The fourth-order valence-electron chi connectivity index (χ4n) is 5.90. The highest BCUT2D eigenvalue weighted by Gasteiger charge is 2.58. The van der Waals surface area contributed by atoms with E-state index in [-0.39, 0.29) is 16.2 Å². The molecule has 0 saturated carbocycles. The molecule has 0 fully saturated rings. The van der Waals surface area contributed by atoms with Crippen molar-refractivity contribution >= 4 is 54.1 Å². The number of fused-ring (bicyclic) bond motifs is 7. The average molecular weight is 380 g/mol. The summed E-state index contributed by atoms with van der Waals surface area (Å²) in [4.78, 5) is 5.25. The van der Waals surface area contributed by atoms with Crippen molar-refractivity contribution in [3.8, 4) is 0 Å². The quantitative estimate of drug-likeness (QED) is 0.429. The summed E-state index contributed by atoms with van der Waals surface area (Å²) in [7, 11) is 4.56. The van der Waals surface area contributed by atoms with Gasteiger partial charge < -0.3 is 0 Å².